The van der Waals surface area contributed by atoms with Crippen molar-refractivity contribution in [3.05, 3.63) is 0 Å². The number of rotatable bonds is 3. The van der Waals surface area contributed by atoms with Crippen molar-refractivity contribution in [2.45, 2.75) is 26.7 Å². The lowest BCUT2D eigenvalue weighted by molar-refractivity contribution is 0.964. The third-order valence-electron chi connectivity index (χ3n) is 1.39. The lowest BCUT2D eigenvalue weighted by Gasteiger charge is -2.00. The molecular weight excluding hydrogens is 140 g/mol. The van der Waals surface area contributed by atoms with Crippen molar-refractivity contribution in [3.63, 3.8) is 0 Å². The highest BCUT2D eigenvalue weighted by molar-refractivity contribution is 5.86. The average Bonchev–Trinajstić information content (AvgIpc) is 2.06. The summed E-state index contributed by atoms with van der Waals surface area (Å²) in [5.74, 6) is 0.351. The monoisotopic (exact) mass is 156 g/mol. The predicted molar refractivity (Wildman–Crippen MR) is 48.7 cm³/mol. The van der Waals surface area contributed by atoms with Gasteiger partial charge >= 0.3 is 0 Å². The Labute approximate surface area is 67.6 Å². The van der Waals surface area contributed by atoms with Gasteiger partial charge in [-0.25, -0.2) is 5.43 Å². The number of hydrogen-bond acceptors (Lipinski definition) is 2. The summed E-state index contributed by atoms with van der Waals surface area (Å²) in [6.07, 6.45) is 1.89. The maximum absolute atomic E-state index is 5.36. The smallest absolute Gasteiger partial charge is 0.209 e. The Morgan fingerprint density at radius 1 is 1.36 bits per heavy atom. The molecule has 0 fully saturated rings. The highest BCUT2D eigenvalue weighted by Gasteiger charge is 1.90. The van der Waals surface area contributed by atoms with Crippen LogP contribution in [0, 0.1) is 0 Å². The van der Waals surface area contributed by atoms with Gasteiger partial charge in [-0.05, 0) is 12.8 Å². The van der Waals surface area contributed by atoms with E-state index in [0.717, 1.165) is 18.6 Å². The summed E-state index contributed by atoms with van der Waals surface area (Å²) in [5, 5.41) is 4.04. The average molecular weight is 156 g/mol. The number of aliphatic imine (C=N–C) groups is 1. The molecule has 0 aromatic carbocycles. The quantitative estimate of drug-likeness (QED) is 0.359. The van der Waals surface area contributed by atoms with Gasteiger partial charge in [0.15, 0.2) is 0 Å². The lowest BCUT2D eigenvalue weighted by atomic mass is 10.2. The molecule has 64 valence electrons. The highest BCUT2D eigenvalue weighted by atomic mass is 15.4. The third kappa shape index (κ3) is 4.36. The predicted octanol–water partition coefficient (Wildman–Crippen LogP) is 0.697. The topological polar surface area (TPSA) is 62.8 Å². The van der Waals surface area contributed by atoms with Gasteiger partial charge in [0.2, 0.25) is 5.96 Å². The Balaban J connectivity index is 3.88. The molecule has 0 amide bonds. The molecule has 0 spiro atoms. The summed E-state index contributed by atoms with van der Waals surface area (Å²) < 4.78 is 0. The molecular formula is C7H16N4. The van der Waals surface area contributed by atoms with Crippen LogP contribution in [-0.2, 0) is 0 Å². The van der Waals surface area contributed by atoms with Crippen molar-refractivity contribution in [1.82, 2.24) is 5.43 Å². The minimum Gasteiger partial charge on any atom is -0.369 e. The molecule has 4 heteroatoms. The molecule has 0 saturated carbocycles. The zero-order valence-electron chi connectivity index (χ0n) is 7.39. The van der Waals surface area contributed by atoms with Crippen LogP contribution in [0.4, 0.5) is 0 Å². The molecule has 4 nitrogen and oxygen atoms in total. The maximum Gasteiger partial charge on any atom is 0.209 e. The third-order valence-corrected chi connectivity index (χ3v) is 1.39. The molecule has 0 atom stereocenters. The summed E-state index contributed by atoms with van der Waals surface area (Å²) in [6.45, 7) is 4.12. The summed E-state index contributed by atoms with van der Waals surface area (Å²) in [4.78, 5) is 3.71. The van der Waals surface area contributed by atoms with E-state index in [2.05, 4.69) is 29.4 Å². The zero-order valence-corrected chi connectivity index (χ0v) is 7.39. The second-order valence-electron chi connectivity index (χ2n) is 2.11. The molecule has 0 aliphatic heterocycles. The summed E-state index contributed by atoms with van der Waals surface area (Å²) >= 11 is 0. The fourth-order valence-corrected chi connectivity index (χ4v) is 0.594. The van der Waals surface area contributed by atoms with Crippen LogP contribution in [0.15, 0.2) is 10.1 Å². The number of hydrogen-bond donors (Lipinski definition) is 2. The van der Waals surface area contributed by atoms with E-state index in [1.807, 2.05) is 0 Å². The second-order valence-corrected chi connectivity index (χ2v) is 2.11. The van der Waals surface area contributed by atoms with E-state index < -0.39 is 0 Å². The van der Waals surface area contributed by atoms with Gasteiger partial charge in [-0.2, -0.15) is 5.10 Å². The number of hydrazone groups is 1. The molecule has 0 aliphatic carbocycles. The van der Waals surface area contributed by atoms with Gasteiger partial charge in [-0.3, -0.25) is 4.99 Å². The van der Waals surface area contributed by atoms with Crippen molar-refractivity contribution >= 4 is 11.7 Å². The van der Waals surface area contributed by atoms with E-state index in [4.69, 9.17) is 5.73 Å². The number of nitrogens with one attached hydrogen (secondary N) is 1. The molecule has 3 N–H and O–H groups in total. The number of guanidine groups is 1. The van der Waals surface area contributed by atoms with E-state index in [1.54, 1.807) is 7.05 Å². The first-order chi connectivity index (χ1) is 5.24. The fraction of sp³-hybridized carbons (Fsp3) is 0.714. The molecule has 11 heavy (non-hydrogen) atoms. The highest BCUT2D eigenvalue weighted by Crippen LogP contribution is 1.88. The standard InChI is InChI=1S/C7H16N4/c1-4-6(5-2)10-11-7(8)9-3/h4-5H2,1-3H3,(H3,8,9,11). The second kappa shape index (κ2) is 5.70. The first-order valence-electron chi connectivity index (χ1n) is 3.78. The van der Waals surface area contributed by atoms with Crippen molar-refractivity contribution in [2.24, 2.45) is 15.8 Å². The molecule has 0 aliphatic rings. The Morgan fingerprint density at radius 2 is 1.91 bits per heavy atom. The van der Waals surface area contributed by atoms with Gasteiger partial charge in [0.1, 0.15) is 0 Å². The Kier molecular flexibility index (Phi) is 5.15. The van der Waals surface area contributed by atoms with E-state index in [0.29, 0.717) is 5.96 Å². The zero-order chi connectivity index (χ0) is 8.69. The van der Waals surface area contributed by atoms with E-state index in [1.165, 1.54) is 0 Å². The van der Waals surface area contributed by atoms with Crippen LogP contribution in [0.3, 0.4) is 0 Å². The van der Waals surface area contributed by atoms with Crippen molar-refractivity contribution in [2.75, 3.05) is 7.05 Å². The first kappa shape index (κ1) is 9.94. The van der Waals surface area contributed by atoms with E-state index >= 15 is 0 Å². The van der Waals surface area contributed by atoms with Crippen LogP contribution in [0.1, 0.15) is 26.7 Å². The van der Waals surface area contributed by atoms with Crippen LogP contribution in [-0.4, -0.2) is 18.7 Å². The molecule has 0 heterocycles. The number of nitrogens with two attached hydrogens (primary N) is 1. The van der Waals surface area contributed by atoms with Crippen LogP contribution in [0.25, 0.3) is 0 Å². The van der Waals surface area contributed by atoms with Crippen LogP contribution >= 0.6 is 0 Å². The van der Waals surface area contributed by atoms with Crippen LogP contribution in [0.2, 0.25) is 0 Å². The fourth-order valence-electron chi connectivity index (χ4n) is 0.594. The number of nitrogens with zero attached hydrogens (tertiary/aromatic N) is 2. The molecule has 0 aromatic rings. The molecule has 0 radical (unpaired) electrons. The maximum atomic E-state index is 5.36. The first-order valence-corrected chi connectivity index (χ1v) is 3.78. The molecule has 0 saturated heterocycles. The van der Waals surface area contributed by atoms with E-state index in [-0.39, 0.29) is 0 Å². The van der Waals surface area contributed by atoms with Crippen LogP contribution in [0.5, 0.6) is 0 Å². The minimum atomic E-state index is 0.351. The molecule has 0 aromatic heterocycles. The van der Waals surface area contributed by atoms with Crippen molar-refractivity contribution in [1.29, 1.82) is 0 Å². The van der Waals surface area contributed by atoms with Gasteiger partial charge in [0.05, 0.1) is 0 Å². The molecule has 0 rings (SSSR count). The Hall–Kier alpha value is -1.06. The van der Waals surface area contributed by atoms with Crippen LogP contribution < -0.4 is 11.2 Å². The van der Waals surface area contributed by atoms with Gasteiger partial charge in [-0.1, -0.05) is 13.8 Å². The normalized spacial score (nSPS) is 11.0. The molecule has 0 unspecified atom stereocenters. The van der Waals surface area contributed by atoms with Gasteiger partial charge in [0, 0.05) is 12.8 Å². The molecule has 0 bridgehead atoms. The van der Waals surface area contributed by atoms with Gasteiger partial charge < -0.3 is 5.73 Å². The van der Waals surface area contributed by atoms with E-state index in [9.17, 15) is 0 Å². The largest absolute Gasteiger partial charge is 0.369 e. The summed E-state index contributed by atoms with van der Waals surface area (Å²) in [6, 6.07) is 0. The van der Waals surface area contributed by atoms with Crippen molar-refractivity contribution in [3.8, 4) is 0 Å². The summed E-state index contributed by atoms with van der Waals surface area (Å²) in [5.41, 5.74) is 9.11. The Morgan fingerprint density at radius 3 is 2.27 bits per heavy atom. The minimum absolute atomic E-state index is 0.351. The SMILES string of the molecule is CCC(CC)=NNC(N)=NC. The Bertz CT molecular complexity index is 154. The lowest BCUT2D eigenvalue weighted by Crippen LogP contribution is -2.27. The summed E-state index contributed by atoms with van der Waals surface area (Å²) in [7, 11) is 1.62. The van der Waals surface area contributed by atoms with Gasteiger partial charge in [-0.15, -0.1) is 0 Å². The van der Waals surface area contributed by atoms with Gasteiger partial charge in [0.25, 0.3) is 0 Å². The van der Waals surface area contributed by atoms with Crippen molar-refractivity contribution < 1.29 is 0 Å².